The zero-order chi connectivity index (χ0) is 12.0. The first-order valence-electron chi connectivity index (χ1n) is 5.83. The van der Waals surface area contributed by atoms with E-state index in [0.29, 0.717) is 0 Å². The normalized spacial score (nSPS) is 10.2. The summed E-state index contributed by atoms with van der Waals surface area (Å²) in [5.41, 5.74) is 2.55. The van der Waals surface area contributed by atoms with Crippen LogP contribution in [-0.4, -0.2) is 0 Å². The average molecular weight is 214 g/mol. The highest BCUT2D eigenvalue weighted by atomic mass is 14.9. The van der Waals surface area contributed by atoms with Gasteiger partial charge in [0.1, 0.15) is 7.05 Å². The Morgan fingerprint density at radius 3 is 2.44 bits per heavy atom. The second-order valence-electron chi connectivity index (χ2n) is 3.40. The van der Waals surface area contributed by atoms with Crippen LogP contribution in [0.4, 0.5) is 0 Å². The summed E-state index contributed by atoms with van der Waals surface area (Å²) in [5, 5.41) is 1.30. The molecule has 0 fully saturated rings. The van der Waals surface area contributed by atoms with E-state index < -0.39 is 0 Å². The molecule has 0 amide bonds. The van der Waals surface area contributed by atoms with Crippen molar-refractivity contribution in [3.8, 4) is 0 Å². The number of hydrogen-bond acceptors (Lipinski definition) is 0. The maximum absolute atomic E-state index is 2.16. The first-order chi connectivity index (χ1) is 7.83. The summed E-state index contributed by atoms with van der Waals surface area (Å²) in [4.78, 5) is 0. The third-order valence-electron chi connectivity index (χ3n) is 2.42. The largest absolute Gasteiger partial charge is 0.212 e. The van der Waals surface area contributed by atoms with Crippen molar-refractivity contribution in [3.05, 3.63) is 48.2 Å². The smallest absolute Gasteiger partial charge is 0.201 e. The van der Waals surface area contributed by atoms with Crippen LogP contribution in [0.1, 0.15) is 26.3 Å². The molecule has 1 nitrogen and oxygen atoms in total. The molecule has 1 aromatic heterocycles. The van der Waals surface area contributed by atoms with Gasteiger partial charge in [-0.2, -0.15) is 0 Å². The molecule has 0 saturated carbocycles. The highest BCUT2D eigenvalue weighted by Gasteiger charge is 2.05. The van der Waals surface area contributed by atoms with Crippen LogP contribution >= 0.6 is 0 Å². The van der Waals surface area contributed by atoms with Gasteiger partial charge in [-0.05, 0) is 18.6 Å². The Morgan fingerprint density at radius 2 is 1.75 bits per heavy atom. The SMILES string of the molecule is C/C=C/c1cc[n+](C)c2ccccc12.CC. The van der Waals surface area contributed by atoms with Crippen molar-refractivity contribution in [2.24, 2.45) is 7.05 Å². The molecule has 0 unspecified atom stereocenters. The van der Waals surface area contributed by atoms with E-state index in [1.54, 1.807) is 0 Å². The minimum atomic E-state index is 1.27. The standard InChI is InChI=1S/C13H14N.C2H6/c1-3-6-11-9-10-14(2)13-8-5-4-7-12(11)13;1-2/h3-10H,1-2H3;1-2H3/q+1;/b6-3+;. The lowest BCUT2D eigenvalue weighted by atomic mass is 10.1. The van der Waals surface area contributed by atoms with Gasteiger partial charge in [0.25, 0.3) is 0 Å². The predicted molar refractivity (Wildman–Crippen MR) is 71.2 cm³/mol. The molecular formula is C15H20N+. The number of hydrogen-bond donors (Lipinski definition) is 0. The molecule has 0 bridgehead atoms. The number of aromatic nitrogens is 1. The van der Waals surface area contributed by atoms with Gasteiger partial charge in [0, 0.05) is 12.1 Å². The molecule has 0 radical (unpaired) electrons. The zero-order valence-corrected chi connectivity index (χ0v) is 10.6. The molecule has 1 heteroatoms. The van der Waals surface area contributed by atoms with E-state index in [1.807, 2.05) is 20.8 Å². The van der Waals surface area contributed by atoms with Gasteiger partial charge >= 0.3 is 0 Å². The van der Waals surface area contributed by atoms with Crippen LogP contribution in [0.2, 0.25) is 0 Å². The number of aryl methyl sites for hydroxylation is 1. The molecule has 16 heavy (non-hydrogen) atoms. The topological polar surface area (TPSA) is 3.88 Å². The molecule has 0 aliphatic carbocycles. The molecule has 0 aliphatic rings. The fraction of sp³-hybridized carbons (Fsp3) is 0.267. The Kier molecular flexibility index (Phi) is 4.71. The zero-order valence-electron chi connectivity index (χ0n) is 10.6. The van der Waals surface area contributed by atoms with E-state index >= 15 is 0 Å². The van der Waals surface area contributed by atoms with E-state index in [2.05, 4.69) is 60.3 Å². The number of pyridine rings is 1. The van der Waals surface area contributed by atoms with Crippen LogP contribution in [0.3, 0.4) is 0 Å². The number of allylic oxidation sites excluding steroid dienone is 1. The average Bonchev–Trinajstić information content (AvgIpc) is 2.36. The van der Waals surface area contributed by atoms with Crippen LogP contribution in [0, 0.1) is 0 Å². The Balaban J connectivity index is 0.000000606. The fourth-order valence-electron chi connectivity index (χ4n) is 1.71. The van der Waals surface area contributed by atoms with Crippen molar-refractivity contribution in [2.45, 2.75) is 20.8 Å². The molecule has 0 aliphatic heterocycles. The van der Waals surface area contributed by atoms with Crippen molar-refractivity contribution in [2.75, 3.05) is 0 Å². The van der Waals surface area contributed by atoms with Gasteiger partial charge in [-0.15, -0.1) is 0 Å². The second-order valence-corrected chi connectivity index (χ2v) is 3.40. The third kappa shape index (κ3) is 2.48. The van der Waals surface area contributed by atoms with Gasteiger partial charge in [-0.1, -0.05) is 38.1 Å². The van der Waals surface area contributed by atoms with Crippen LogP contribution in [0.5, 0.6) is 0 Å². The molecule has 1 heterocycles. The van der Waals surface area contributed by atoms with Gasteiger partial charge in [-0.3, -0.25) is 0 Å². The minimum Gasteiger partial charge on any atom is -0.201 e. The molecule has 84 valence electrons. The summed E-state index contributed by atoms with van der Waals surface area (Å²) in [7, 11) is 2.07. The summed E-state index contributed by atoms with van der Waals surface area (Å²) in [6.07, 6.45) is 6.31. The van der Waals surface area contributed by atoms with E-state index in [1.165, 1.54) is 16.5 Å². The quantitative estimate of drug-likeness (QED) is 0.637. The van der Waals surface area contributed by atoms with Gasteiger partial charge < -0.3 is 0 Å². The molecule has 0 spiro atoms. The number of benzene rings is 1. The van der Waals surface area contributed by atoms with Crippen molar-refractivity contribution < 1.29 is 4.57 Å². The highest BCUT2D eigenvalue weighted by Crippen LogP contribution is 2.15. The molecule has 2 rings (SSSR count). The van der Waals surface area contributed by atoms with Gasteiger partial charge in [0.05, 0.1) is 5.39 Å². The van der Waals surface area contributed by atoms with Crippen LogP contribution in [0.25, 0.3) is 17.0 Å². The lowest BCUT2D eigenvalue weighted by molar-refractivity contribution is -0.644. The highest BCUT2D eigenvalue weighted by molar-refractivity contribution is 5.85. The van der Waals surface area contributed by atoms with Crippen LogP contribution in [-0.2, 0) is 7.05 Å². The van der Waals surface area contributed by atoms with Crippen LogP contribution in [0.15, 0.2) is 42.6 Å². The van der Waals surface area contributed by atoms with E-state index in [4.69, 9.17) is 0 Å². The summed E-state index contributed by atoms with van der Waals surface area (Å²) >= 11 is 0. The van der Waals surface area contributed by atoms with E-state index in [9.17, 15) is 0 Å². The monoisotopic (exact) mass is 214 g/mol. The molecule has 1 aromatic carbocycles. The Hall–Kier alpha value is -1.63. The number of rotatable bonds is 1. The van der Waals surface area contributed by atoms with Gasteiger partial charge in [0.2, 0.25) is 5.52 Å². The van der Waals surface area contributed by atoms with Crippen molar-refractivity contribution in [1.82, 2.24) is 0 Å². The lowest BCUT2D eigenvalue weighted by Crippen LogP contribution is -2.28. The summed E-state index contributed by atoms with van der Waals surface area (Å²) in [6.45, 7) is 6.04. The molecule has 0 saturated heterocycles. The van der Waals surface area contributed by atoms with Gasteiger partial charge in [-0.25, -0.2) is 4.57 Å². The second kappa shape index (κ2) is 6.06. The van der Waals surface area contributed by atoms with E-state index in [0.717, 1.165) is 0 Å². The van der Waals surface area contributed by atoms with Crippen molar-refractivity contribution in [1.29, 1.82) is 0 Å². The minimum absolute atomic E-state index is 1.27. The van der Waals surface area contributed by atoms with Crippen molar-refractivity contribution in [3.63, 3.8) is 0 Å². The number of fused-ring (bicyclic) bond motifs is 1. The van der Waals surface area contributed by atoms with Gasteiger partial charge in [0.15, 0.2) is 6.20 Å². The molecular weight excluding hydrogens is 194 g/mol. The Bertz CT molecular complexity index is 484. The molecule has 0 atom stereocenters. The Labute approximate surface area is 98.0 Å². The van der Waals surface area contributed by atoms with Crippen molar-refractivity contribution >= 4 is 17.0 Å². The molecule has 2 aromatic rings. The maximum atomic E-state index is 2.16. The third-order valence-corrected chi connectivity index (χ3v) is 2.42. The first kappa shape index (κ1) is 12.4. The predicted octanol–water partition coefficient (Wildman–Crippen LogP) is 3.72. The maximum Gasteiger partial charge on any atom is 0.212 e. The van der Waals surface area contributed by atoms with E-state index in [-0.39, 0.29) is 0 Å². The summed E-state index contributed by atoms with van der Waals surface area (Å²) < 4.78 is 2.14. The molecule has 0 N–H and O–H groups in total. The number of nitrogens with zero attached hydrogens (tertiary/aromatic N) is 1. The lowest BCUT2D eigenvalue weighted by Gasteiger charge is -1.99. The fourth-order valence-corrected chi connectivity index (χ4v) is 1.71. The number of para-hydroxylation sites is 1. The Morgan fingerprint density at radius 1 is 1.06 bits per heavy atom. The summed E-state index contributed by atoms with van der Waals surface area (Å²) in [6, 6.07) is 10.6. The summed E-state index contributed by atoms with van der Waals surface area (Å²) in [5.74, 6) is 0. The van der Waals surface area contributed by atoms with Crippen LogP contribution < -0.4 is 4.57 Å². The first-order valence-corrected chi connectivity index (χ1v) is 5.83.